The zero-order valence-electron chi connectivity index (χ0n) is 12.1. The van der Waals surface area contributed by atoms with Crippen molar-refractivity contribution in [1.82, 2.24) is 9.80 Å². The summed E-state index contributed by atoms with van der Waals surface area (Å²) in [5.41, 5.74) is 1.00. The molecule has 116 valence electrons. The lowest BCUT2D eigenvalue weighted by Gasteiger charge is -2.32. The van der Waals surface area contributed by atoms with Crippen LogP contribution < -0.4 is 9.47 Å². The van der Waals surface area contributed by atoms with E-state index < -0.39 is 6.29 Å². The van der Waals surface area contributed by atoms with E-state index in [9.17, 15) is 8.78 Å². The van der Waals surface area contributed by atoms with Gasteiger partial charge in [0.25, 0.3) is 0 Å². The fraction of sp³-hybridized carbons (Fsp3) is 0.600. The smallest absolute Gasteiger partial charge is 0.395 e. The van der Waals surface area contributed by atoms with Gasteiger partial charge in [0.05, 0.1) is 0 Å². The van der Waals surface area contributed by atoms with Crippen molar-refractivity contribution < 1.29 is 18.3 Å². The van der Waals surface area contributed by atoms with Crippen molar-refractivity contribution in [3.8, 4) is 11.5 Å². The first-order valence-corrected chi connectivity index (χ1v) is 7.31. The standard InChI is InChI=1S/C15H20F2N2O2/c1-18-7-9-19(10-8-18)6-2-3-12-4-5-13-14(11-12)21-15(16,17)20-13/h4-5,11H,2-3,6-10H2,1H3. The molecule has 2 heterocycles. The van der Waals surface area contributed by atoms with Crippen LogP contribution in [0, 0.1) is 0 Å². The minimum Gasteiger partial charge on any atom is -0.395 e. The first-order valence-electron chi connectivity index (χ1n) is 7.31. The van der Waals surface area contributed by atoms with E-state index in [2.05, 4.69) is 26.3 Å². The molecule has 21 heavy (non-hydrogen) atoms. The Labute approximate surface area is 123 Å². The average molecular weight is 298 g/mol. The molecule has 0 atom stereocenters. The van der Waals surface area contributed by atoms with Crippen LogP contribution >= 0.6 is 0 Å². The zero-order valence-corrected chi connectivity index (χ0v) is 12.1. The number of benzene rings is 1. The van der Waals surface area contributed by atoms with Crippen molar-refractivity contribution >= 4 is 0 Å². The highest BCUT2D eigenvalue weighted by Gasteiger charge is 2.43. The summed E-state index contributed by atoms with van der Waals surface area (Å²) in [4.78, 5) is 4.77. The molecule has 4 nitrogen and oxygen atoms in total. The predicted octanol–water partition coefficient (Wildman–Crippen LogP) is 2.19. The number of halogens is 2. The third kappa shape index (κ3) is 3.63. The van der Waals surface area contributed by atoms with Crippen LogP contribution in [0.3, 0.4) is 0 Å². The van der Waals surface area contributed by atoms with Crippen molar-refractivity contribution in [2.24, 2.45) is 0 Å². The summed E-state index contributed by atoms with van der Waals surface area (Å²) in [5, 5.41) is 0. The van der Waals surface area contributed by atoms with Crippen LogP contribution in [-0.2, 0) is 6.42 Å². The van der Waals surface area contributed by atoms with Gasteiger partial charge in [-0.3, -0.25) is 0 Å². The second-order valence-corrected chi connectivity index (χ2v) is 5.70. The molecule has 0 aliphatic carbocycles. The van der Waals surface area contributed by atoms with E-state index in [4.69, 9.17) is 0 Å². The van der Waals surface area contributed by atoms with Crippen LogP contribution in [0.5, 0.6) is 11.5 Å². The van der Waals surface area contributed by atoms with Crippen molar-refractivity contribution in [3.05, 3.63) is 23.8 Å². The summed E-state index contributed by atoms with van der Waals surface area (Å²) in [6, 6.07) is 5.04. The van der Waals surface area contributed by atoms with Crippen molar-refractivity contribution in [1.29, 1.82) is 0 Å². The Hall–Kier alpha value is -1.40. The minimum absolute atomic E-state index is 0.114. The first-order chi connectivity index (χ1) is 10.0. The molecular weight excluding hydrogens is 278 g/mol. The maximum absolute atomic E-state index is 12.9. The molecule has 0 unspecified atom stereocenters. The molecule has 0 radical (unpaired) electrons. The number of alkyl halides is 2. The lowest BCUT2D eigenvalue weighted by molar-refractivity contribution is -0.286. The Morgan fingerprint density at radius 2 is 1.81 bits per heavy atom. The Bertz CT molecular complexity index is 502. The van der Waals surface area contributed by atoms with Gasteiger partial charge in [0.1, 0.15) is 0 Å². The van der Waals surface area contributed by atoms with E-state index in [-0.39, 0.29) is 11.5 Å². The molecular formula is C15H20F2N2O2. The monoisotopic (exact) mass is 298 g/mol. The van der Waals surface area contributed by atoms with Crippen LogP contribution in [0.25, 0.3) is 0 Å². The molecule has 1 fully saturated rings. The topological polar surface area (TPSA) is 24.9 Å². The molecule has 2 aliphatic rings. The molecule has 0 N–H and O–H groups in total. The molecule has 1 saturated heterocycles. The number of fused-ring (bicyclic) bond motifs is 1. The van der Waals surface area contributed by atoms with Gasteiger partial charge in [0, 0.05) is 26.2 Å². The number of likely N-dealkylation sites (N-methyl/N-ethyl adjacent to an activating group) is 1. The number of hydrogen-bond acceptors (Lipinski definition) is 4. The van der Waals surface area contributed by atoms with Crippen LogP contribution in [-0.4, -0.2) is 55.9 Å². The number of rotatable bonds is 4. The van der Waals surface area contributed by atoms with Gasteiger partial charge < -0.3 is 19.3 Å². The van der Waals surface area contributed by atoms with Gasteiger partial charge in [0.2, 0.25) is 0 Å². The Balaban J connectivity index is 1.48. The van der Waals surface area contributed by atoms with E-state index in [0.717, 1.165) is 51.1 Å². The highest BCUT2D eigenvalue weighted by atomic mass is 19.3. The SMILES string of the molecule is CN1CCN(CCCc2ccc3c(c2)OC(F)(F)O3)CC1. The number of ether oxygens (including phenoxy) is 2. The second-order valence-electron chi connectivity index (χ2n) is 5.70. The van der Waals surface area contributed by atoms with E-state index in [1.807, 2.05) is 6.07 Å². The molecule has 2 aliphatic heterocycles. The molecule has 0 bridgehead atoms. The van der Waals surface area contributed by atoms with Crippen LogP contribution in [0.1, 0.15) is 12.0 Å². The van der Waals surface area contributed by atoms with Gasteiger partial charge in [-0.15, -0.1) is 8.78 Å². The highest BCUT2D eigenvalue weighted by Crippen LogP contribution is 2.41. The summed E-state index contributed by atoms with van der Waals surface area (Å²) in [7, 11) is 2.14. The second kappa shape index (κ2) is 5.77. The maximum Gasteiger partial charge on any atom is 0.586 e. The quantitative estimate of drug-likeness (QED) is 0.851. The molecule has 6 heteroatoms. The van der Waals surface area contributed by atoms with Crippen LogP contribution in [0.15, 0.2) is 18.2 Å². The van der Waals surface area contributed by atoms with Crippen molar-refractivity contribution in [2.45, 2.75) is 19.1 Å². The van der Waals surface area contributed by atoms with Crippen molar-refractivity contribution in [2.75, 3.05) is 39.8 Å². The molecule has 0 spiro atoms. The molecule has 3 rings (SSSR count). The third-order valence-corrected chi connectivity index (χ3v) is 4.00. The zero-order chi connectivity index (χ0) is 14.9. The number of aryl methyl sites for hydroxylation is 1. The lowest BCUT2D eigenvalue weighted by atomic mass is 10.1. The first kappa shape index (κ1) is 14.5. The molecule has 0 saturated carbocycles. The fourth-order valence-corrected chi connectivity index (χ4v) is 2.73. The van der Waals surface area contributed by atoms with E-state index in [1.54, 1.807) is 12.1 Å². The lowest BCUT2D eigenvalue weighted by Crippen LogP contribution is -2.44. The Kier molecular flexibility index (Phi) is 3.99. The summed E-state index contributed by atoms with van der Waals surface area (Å²) in [6.07, 6.45) is -1.66. The highest BCUT2D eigenvalue weighted by molar-refractivity contribution is 5.45. The number of hydrogen-bond donors (Lipinski definition) is 0. The number of nitrogens with zero attached hydrogens (tertiary/aromatic N) is 2. The molecule has 1 aromatic carbocycles. The minimum atomic E-state index is -3.53. The van der Waals surface area contributed by atoms with Crippen LogP contribution in [0.4, 0.5) is 8.78 Å². The molecule has 1 aromatic rings. The van der Waals surface area contributed by atoms with Gasteiger partial charge >= 0.3 is 6.29 Å². The predicted molar refractivity (Wildman–Crippen MR) is 74.9 cm³/mol. The van der Waals surface area contributed by atoms with Gasteiger partial charge in [-0.05, 0) is 44.1 Å². The largest absolute Gasteiger partial charge is 0.586 e. The van der Waals surface area contributed by atoms with Gasteiger partial charge in [-0.25, -0.2) is 0 Å². The van der Waals surface area contributed by atoms with E-state index >= 15 is 0 Å². The average Bonchev–Trinajstić information content (AvgIpc) is 2.74. The van der Waals surface area contributed by atoms with E-state index in [1.165, 1.54) is 0 Å². The van der Waals surface area contributed by atoms with Crippen molar-refractivity contribution in [3.63, 3.8) is 0 Å². The number of piperazine rings is 1. The van der Waals surface area contributed by atoms with E-state index in [0.29, 0.717) is 0 Å². The summed E-state index contributed by atoms with van der Waals surface area (Å²) < 4.78 is 34.7. The van der Waals surface area contributed by atoms with Gasteiger partial charge in [-0.1, -0.05) is 6.07 Å². The normalized spacial score (nSPS) is 21.7. The Morgan fingerprint density at radius 1 is 1.10 bits per heavy atom. The fourth-order valence-electron chi connectivity index (χ4n) is 2.73. The third-order valence-electron chi connectivity index (χ3n) is 4.00. The van der Waals surface area contributed by atoms with Gasteiger partial charge in [0.15, 0.2) is 11.5 Å². The summed E-state index contributed by atoms with van der Waals surface area (Å²) in [6.45, 7) is 5.46. The maximum atomic E-state index is 12.9. The van der Waals surface area contributed by atoms with Gasteiger partial charge in [-0.2, -0.15) is 0 Å². The summed E-state index contributed by atoms with van der Waals surface area (Å²) in [5.74, 6) is 0.250. The molecule has 0 aromatic heterocycles. The molecule has 0 amide bonds. The van der Waals surface area contributed by atoms with Crippen LogP contribution in [0.2, 0.25) is 0 Å². The summed E-state index contributed by atoms with van der Waals surface area (Å²) >= 11 is 0. The Morgan fingerprint density at radius 3 is 2.57 bits per heavy atom.